The number of hydrogen-bond donors (Lipinski definition) is 2. The van der Waals surface area contributed by atoms with Gasteiger partial charge in [0, 0.05) is 31.7 Å². The van der Waals surface area contributed by atoms with Gasteiger partial charge in [0.2, 0.25) is 0 Å². The van der Waals surface area contributed by atoms with Crippen LogP contribution in [0.5, 0.6) is 0 Å². The van der Waals surface area contributed by atoms with Crippen LogP contribution in [-0.2, 0) is 6.42 Å². The highest BCUT2D eigenvalue weighted by Gasteiger charge is 2.28. The van der Waals surface area contributed by atoms with Crippen LogP contribution in [0.15, 0.2) is 16.8 Å². The van der Waals surface area contributed by atoms with Crippen molar-refractivity contribution in [3.63, 3.8) is 0 Å². The van der Waals surface area contributed by atoms with Crippen molar-refractivity contribution >= 4 is 11.3 Å². The number of aryl methyl sites for hydroxylation is 1. The largest absolute Gasteiger partial charge is 0.303 e. The number of likely N-dealkylation sites (N-methyl/N-ethyl adjacent to an activating group) is 2. The third-order valence-corrected chi connectivity index (χ3v) is 4.63. The number of thiophene rings is 1. The van der Waals surface area contributed by atoms with Gasteiger partial charge in [-0.1, -0.05) is 0 Å². The maximum absolute atomic E-state index is 5.76. The Morgan fingerprint density at radius 1 is 1.50 bits per heavy atom. The molecule has 1 aliphatic rings. The lowest BCUT2D eigenvalue weighted by Crippen LogP contribution is -2.59. The predicted octanol–water partition coefficient (Wildman–Crippen LogP) is 0.758. The van der Waals surface area contributed by atoms with Gasteiger partial charge in [-0.15, -0.1) is 0 Å². The summed E-state index contributed by atoms with van der Waals surface area (Å²) in [7, 11) is 4.39. The Kier molecular flexibility index (Phi) is 5.14. The molecule has 0 amide bonds. The topological polar surface area (TPSA) is 44.5 Å². The summed E-state index contributed by atoms with van der Waals surface area (Å²) in [6, 6.07) is 3.07. The maximum Gasteiger partial charge on any atom is 0.0387 e. The fourth-order valence-electron chi connectivity index (χ4n) is 2.62. The lowest BCUT2D eigenvalue weighted by molar-refractivity contribution is 0.0854. The molecular formula is C13H24N4S. The Morgan fingerprint density at radius 2 is 2.33 bits per heavy atom. The molecule has 5 heteroatoms. The molecule has 2 heterocycles. The van der Waals surface area contributed by atoms with Crippen LogP contribution in [0, 0.1) is 0 Å². The molecule has 0 saturated carbocycles. The Morgan fingerprint density at radius 3 is 3.00 bits per heavy atom. The van der Waals surface area contributed by atoms with Crippen LogP contribution >= 0.6 is 11.3 Å². The molecule has 2 rings (SSSR count). The van der Waals surface area contributed by atoms with Crippen LogP contribution in [0.25, 0.3) is 0 Å². The van der Waals surface area contributed by atoms with Gasteiger partial charge in [0.25, 0.3) is 0 Å². The normalized spacial score (nSPS) is 24.3. The van der Waals surface area contributed by atoms with Crippen molar-refractivity contribution in [3.8, 4) is 0 Å². The molecule has 2 atom stereocenters. The zero-order valence-corrected chi connectivity index (χ0v) is 12.1. The quantitative estimate of drug-likeness (QED) is 0.611. The fraction of sp³-hybridized carbons (Fsp3) is 0.692. The van der Waals surface area contributed by atoms with E-state index in [0.717, 1.165) is 32.5 Å². The average molecular weight is 268 g/mol. The highest BCUT2D eigenvalue weighted by molar-refractivity contribution is 7.07. The minimum absolute atomic E-state index is 0.359. The molecule has 1 aliphatic heterocycles. The number of rotatable bonds is 5. The lowest BCUT2D eigenvalue weighted by Gasteiger charge is -2.41. The Balaban J connectivity index is 1.90. The van der Waals surface area contributed by atoms with Crippen molar-refractivity contribution in [2.45, 2.75) is 24.9 Å². The first kappa shape index (κ1) is 14.0. The summed E-state index contributed by atoms with van der Waals surface area (Å²) in [5, 5.41) is 4.37. The molecule has 1 fully saturated rings. The van der Waals surface area contributed by atoms with Crippen LogP contribution in [0.4, 0.5) is 0 Å². The molecule has 0 aromatic carbocycles. The number of hydrazine groups is 1. The summed E-state index contributed by atoms with van der Waals surface area (Å²) < 4.78 is 0. The van der Waals surface area contributed by atoms with Crippen molar-refractivity contribution in [3.05, 3.63) is 22.4 Å². The monoisotopic (exact) mass is 268 g/mol. The molecule has 18 heavy (non-hydrogen) atoms. The Hall–Kier alpha value is -0.460. The molecule has 0 spiro atoms. The molecule has 1 aromatic rings. The van der Waals surface area contributed by atoms with Crippen molar-refractivity contribution in [1.82, 2.24) is 15.2 Å². The SMILES string of the molecule is CN1CCN(C)C(C(CCc2ccsc2)NN)C1. The van der Waals surface area contributed by atoms with Crippen LogP contribution < -0.4 is 11.3 Å². The first-order valence-electron chi connectivity index (χ1n) is 6.56. The number of nitrogens with one attached hydrogen (secondary N) is 1. The number of nitrogens with two attached hydrogens (primary N) is 1. The van der Waals surface area contributed by atoms with E-state index in [1.54, 1.807) is 11.3 Å². The van der Waals surface area contributed by atoms with Gasteiger partial charge in [-0.25, -0.2) is 0 Å². The summed E-state index contributed by atoms with van der Waals surface area (Å²) >= 11 is 1.77. The van der Waals surface area contributed by atoms with Crippen LogP contribution in [0.3, 0.4) is 0 Å². The summed E-state index contributed by atoms with van der Waals surface area (Å²) in [6.07, 6.45) is 2.20. The molecule has 2 unspecified atom stereocenters. The van der Waals surface area contributed by atoms with Crippen molar-refractivity contribution in [2.24, 2.45) is 5.84 Å². The minimum Gasteiger partial charge on any atom is -0.303 e. The van der Waals surface area contributed by atoms with Crippen molar-refractivity contribution in [2.75, 3.05) is 33.7 Å². The average Bonchev–Trinajstić information content (AvgIpc) is 2.87. The molecule has 0 radical (unpaired) electrons. The first-order chi connectivity index (χ1) is 8.70. The highest BCUT2D eigenvalue weighted by Crippen LogP contribution is 2.15. The third kappa shape index (κ3) is 3.52. The number of piperazine rings is 1. The molecule has 1 aromatic heterocycles. The van der Waals surface area contributed by atoms with E-state index in [9.17, 15) is 0 Å². The van der Waals surface area contributed by atoms with Crippen LogP contribution in [0.2, 0.25) is 0 Å². The molecular weight excluding hydrogens is 244 g/mol. The zero-order valence-electron chi connectivity index (χ0n) is 11.3. The standard InChI is InChI=1S/C13H24N4S/c1-16-6-7-17(2)13(9-16)12(15-14)4-3-11-5-8-18-10-11/h5,8,10,12-13,15H,3-4,6-7,9,14H2,1-2H3. The second kappa shape index (κ2) is 6.63. The molecule has 102 valence electrons. The highest BCUT2D eigenvalue weighted by atomic mass is 32.1. The smallest absolute Gasteiger partial charge is 0.0387 e. The number of nitrogens with zero attached hydrogens (tertiary/aromatic N) is 2. The summed E-state index contributed by atoms with van der Waals surface area (Å²) in [5.74, 6) is 5.76. The van der Waals surface area contributed by atoms with E-state index < -0.39 is 0 Å². The van der Waals surface area contributed by atoms with Gasteiger partial charge in [0.15, 0.2) is 0 Å². The fourth-order valence-corrected chi connectivity index (χ4v) is 3.33. The van der Waals surface area contributed by atoms with E-state index in [-0.39, 0.29) is 0 Å². The van der Waals surface area contributed by atoms with E-state index in [4.69, 9.17) is 5.84 Å². The second-order valence-corrected chi connectivity index (χ2v) is 6.03. The summed E-state index contributed by atoms with van der Waals surface area (Å²) in [5.41, 5.74) is 4.44. The van der Waals surface area contributed by atoms with Crippen molar-refractivity contribution in [1.29, 1.82) is 0 Å². The van der Waals surface area contributed by atoms with Crippen LogP contribution in [0.1, 0.15) is 12.0 Å². The van der Waals surface area contributed by atoms with Crippen molar-refractivity contribution < 1.29 is 0 Å². The van der Waals surface area contributed by atoms with E-state index in [0.29, 0.717) is 12.1 Å². The van der Waals surface area contributed by atoms with Gasteiger partial charge in [-0.05, 0) is 49.3 Å². The first-order valence-corrected chi connectivity index (χ1v) is 7.51. The van der Waals surface area contributed by atoms with Gasteiger partial charge in [-0.3, -0.25) is 16.2 Å². The number of hydrogen-bond acceptors (Lipinski definition) is 5. The summed E-state index contributed by atoms with van der Waals surface area (Å²) in [6.45, 7) is 3.36. The van der Waals surface area contributed by atoms with Gasteiger partial charge in [0.05, 0.1) is 0 Å². The zero-order chi connectivity index (χ0) is 13.0. The molecule has 4 nitrogen and oxygen atoms in total. The van der Waals surface area contributed by atoms with Gasteiger partial charge in [-0.2, -0.15) is 11.3 Å². The van der Waals surface area contributed by atoms with E-state index in [1.807, 2.05) is 0 Å². The second-order valence-electron chi connectivity index (χ2n) is 5.25. The molecule has 0 aliphatic carbocycles. The van der Waals surface area contributed by atoms with E-state index >= 15 is 0 Å². The van der Waals surface area contributed by atoms with Gasteiger partial charge in [0.1, 0.15) is 0 Å². The van der Waals surface area contributed by atoms with Gasteiger partial charge >= 0.3 is 0 Å². The minimum atomic E-state index is 0.359. The molecule has 3 N–H and O–H groups in total. The maximum atomic E-state index is 5.76. The summed E-state index contributed by atoms with van der Waals surface area (Å²) in [4.78, 5) is 4.82. The van der Waals surface area contributed by atoms with E-state index in [1.165, 1.54) is 5.56 Å². The lowest BCUT2D eigenvalue weighted by atomic mass is 9.98. The van der Waals surface area contributed by atoms with E-state index in [2.05, 4.69) is 46.1 Å². The van der Waals surface area contributed by atoms with Gasteiger partial charge < -0.3 is 4.90 Å². The third-order valence-electron chi connectivity index (χ3n) is 3.90. The Labute approximate surface area is 114 Å². The Bertz CT molecular complexity index is 341. The van der Waals surface area contributed by atoms with Crippen LogP contribution in [-0.4, -0.2) is 55.6 Å². The molecule has 0 bridgehead atoms. The molecule has 1 saturated heterocycles. The predicted molar refractivity (Wildman–Crippen MR) is 77.7 cm³/mol.